The maximum Gasteiger partial charge on any atom is 0.149 e. The van der Waals surface area contributed by atoms with Crippen molar-refractivity contribution in [3.05, 3.63) is 77.8 Å². The van der Waals surface area contributed by atoms with Gasteiger partial charge in [-0.15, -0.1) is 0 Å². The molecule has 2 heterocycles. The average Bonchev–Trinajstić information content (AvgIpc) is 3.29. The molecule has 1 aliphatic heterocycles. The van der Waals surface area contributed by atoms with Gasteiger partial charge in [0, 0.05) is 24.0 Å². The molecule has 0 bridgehead atoms. The second-order valence-corrected chi connectivity index (χ2v) is 7.63. The number of aldehydes is 1. The van der Waals surface area contributed by atoms with E-state index >= 15 is 0 Å². The van der Waals surface area contributed by atoms with Crippen molar-refractivity contribution in [1.82, 2.24) is 9.88 Å². The molecule has 0 N–H and O–H groups in total. The predicted octanol–water partition coefficient (Wildman–Crippen LogP) is 4.59. The summed E-state index contributed by atoms with van der Waals surface area (Å²) in [5.41, 5.74) is 3.26. The molecule has 0 saturated heterocycles. The Bertz CT molecular complexity index is 980. The molecule has 1 unspecified atom stereocenters. The van der Waals surface area contributed by atoms with E-state index in [-0.39, 0.29) is 0 Å². The van der Waals surface area contributed by atoms with E-state index < -0.39 is 5.54 Å². The largest absolute Gasteiger partial charge is 0.358 e. The highest BCUT2D eigenvalue weighted by Gasteiger charge is 2.42. The molecule has 1 aromatic heterocycles. The van der Waals surface area contributed by atoms with E-state index in [1.807, 2.05) is 49.4 Å². The van der Waals surface area contributed by atoms with Crippen LogP contribution < -0.4 is 0 Å². The van der Waals surface area contributed by atoms with Gasteiger partial charge in [0.1, 0.15) is 11.8 Å². The van der Waals surface area contributed by atoms with Crippen molar-refractivity contribution >= 4 is 17.4 Å². The van der Waals surface area contributed by atoms with E-state index in [0.717, 1.165) is 41.5 Å². The number of nitrogens with zero attached hydrogens (tertiary/aromatic N) is 3. The van der Waals surface area contributed by atoms with Crippen LogP contribution in [0.4, 0.5) is 0 Å². The number of carbonyl (C=O) groups excluding carboxylic acids is 1. The second-order valence-electron chi connectivity index (χ2n) is 7.63. The van der Waals surface area contributed by atoms with Crippen LogP contribution in [0.15, 0.2) is 60.9 Å². The molecule has 28 heavy (non-hydrogen) atoms. The Labute approximate surface area is 165 Å². The second kappa shape index (κ2) is 7.44. The molecule has 0 radical (unpaired) electrons. The van der Waals surface area contributed by atoms with Gasteiger partial charge in [0.15, 0.2) is 0 Å². The summed E-state index contributed by atoms with van der Waals surface area (Å²) in [5, 5.41) is 9.65. The minimum atomic E-state index is -0.819. The highest BCUT2D eigenvalue weighted by atomic mass is 16.1. The third kappa shape index (κ3) is 3.03. The van der Waals surface area contributed by atoms with Crippen LogP contribution in [0.5, 0.6) is 0 Å². The minimum absolute atomic E-state index is 0.312. The maximum atomic E-state index is 12.5. The van der Waals surface area contributed by atoms with Crippen LogP contribution in [0, 0.1) is 11.3 Å². The standard InChI is InChI=1S/C24H23N3O/c1-24(17-28)22(21-11-5-2-8-18(21)15-25)14-19(23-12-6-7-13-26-23)16-27(24)20-9-3-4-10-20/h2,5-8,11-14,16-17,20H,3-4,9-10H2,1H3. The van der Waals surface area contributed by atoms with E-state index in [9.17, 15) is 10.1 Å². The number of aromatic nitrogens is 1. The normalized spacial score (nSPS) is 22.4. The van der Waals surface area contributed by atoms with E-state index in [1.165, 1.54) is 12.8 Å². The number of carbonyl (C=O) groups is 1. The van der Waals surface area contributed by atoms with Gasteiger partial charge in [0.05, 0.1) is 17.3 Å². The van der Waals surface area contributed by atoms with Gasteiger partial charge < -0.3 is 9.69 Å². The summed E-state index contributed by atoms with van der Waals surface area (Å²) in [6.07, 6.45) is 11.4. The van der Waals surface area contributed by atoms with Gasteiger partial charge in [-0.1, -0.05) is 37.1 Å². The Kier molecular flexibility index (Phi) is 4.83. The van der Waals surface area contributed by atoms with Gasteiger partial charge in [-0.3, -0.25) is 4.98 Å². The molecule has 4 nitrogen and oxygen atoms in total. The summed E-state index contributed by atoms with van der Waals surface area (Å²) in [6.45, 7) is 1.96. The Balaban J connectivity index is 1.92. The molecule has 0 amide bonds. The quantitative estimate of drug-likeness (QED) is 0.740. The Morgan fingerprint density at radius 3 is 2.61 bits per heavy atom. The Morgan fingerprint density at radius 1 is 1.18 bits per heavy atom. The zero-order valence-corrected chi connectivity index (χ0v) is 16.0. The lowest BCUT2D eigenvalue weighted by molar-refractivity contribution is -0.114. The van der Waals surface area contributed by atoms with E-state index in [4.69, 9.17) is 0 Å². The molecule has 2 aromatic rings. The summed E-state index contributed by atoms with van der Waals surface area (Å²) >= 11 is 0. The highest BCUT2D eigenvalue weighted by Crippen LogP contribution is 2.43. The molecule has 1 aliphatic carbocycles. The van der Waals surface area contributed by atoms with Crippen molar-refractivity contribution in [2.75, 3.05) is 0 Å². The fourth-order valence-electron chi connectivity index (χ4n) is 4.39. The SMILES string of the molecule is CC1(C=O)C(c2ccccc2C#N)=CC(c2ccccn2)=CN1C1CCCC1. The van der Waals surface area contributed by atoms with E-state index in [0.29, 0.717) is 11.6 Å². The third-order valence-electron chi connectivity index (χ3n) is 5.91. The summed E-state index contributed by atoms with van der Waals surface area (Å²) in [4.78, 5) is 19.2. The smallest absolute Gasteiger partial charge is 0.149 e. The minimum Gasteiger partial charge on any atom is -0.358 e. The Morgan fingerprint density at radius 2 is 1.93 bits per heavy atom. The average molecular weight is 369 g/mol. The molecular formula is C24H23N3O. The fourth-order valence-corrected chi connectivity index (χ4v) is 4.39. The molecule has 4 rings (SSSR count). The number of benzene rings is 1. The van der Waals surface area contributed by atoms with Crippen molar-refractivity contribution in [1.29, 1.82) is 5.26 Å². The molecule has 1 aromatic carbocycles. The fraction of sp³-hybridized carbons (Fsp3) is 0.292. The number of nitriles is 1. The summed E-state index contributed by atoms with van der Waals surface area (Å²) in [5.74, 6) is 0. The molecule has 140 valence electrons. The van der Waals surface area contributed by atoms with Crippen molar-refractivity contribution in [2.24, 2.45) is 0 Å². The van der Waals surface area contributed by atoms with Gasteiger partial charge in [0.2, 0.25) is 0 Å². The number of rotatable bonds is 4. The Hall–Kier alpha value is -3.19. The summed E-state index contributed by atoms with van der Waals surface area (Å²) in [7, 11) is 0. The molecule has 1 saturated carbocycles. The topological polar surface area (TPSA) is 57.0 Å². The van der Waals surface area contributed by atoms with Crippen molar-refractivity contribution in [2.45, 2.75) is 44.2 Å². The molecule has 4 heteroatoms. The van der Waals surface area contributed by atoms with Crippen LogP contribution in [0.1, 0.15) is 49.4 Å². The maximum absolute atomic E-state index is 12.5. The van der Waals surface area contributed by atoms with Crippen LogP contribution >= 0.6 is 0 Å². The zero-order chi connectivity index (χ0) is 19.6. The molecule has 0 spiro atoms. The first-order chi connectivity index (χ1) is 13.7. The lowest BCUT2D eigenvalue weighted by Gasteiger charge is -2.45. The lowest BCUT2D eigenvalue weighted by Crippen LogP contribution is -2.51. The van der Waals surface area contributed by atoms with Crippen molar-refractivity contribution in [3.8, 4) is 6.07 Å². The number of hydrogen-bond acceptors (Lipinski definition) is 4. The van der Waals surface area contributed by atoms with Crippen molar-refractivity contribution in [3.63, 3.8) is 0 Å². The van der Waals surface area contributed by atoms with Gasteiger partial charge in [-0.2, -0.15) is 5.26 Å². The summed E-state index contributed by atoms with van der Waals surface area (Å²) in [6, 6.07) is 15.9. The van der Waals surface area contributed by atoms with Gasteiger partial charge in [-0.25, -0.2) is 0 Å². The predicted molar refractivity (Wildman–Crippen MR) is 110 cm³/mol. The number of pyridine rings is 1. The van der Waals surface area contributed by atoms with Crippen LogP contribution in [0.3, 0.4) is 0 Å². The van der Waals surface area contributed by atoms with E-state index in [1.54, 1.807) is 12.3 Å². The molecule has 1 atom stereocenters. The van der Waals surface area contributed by atoms with Crippen LogP contribution in [-0.2, 0) is 4.79 Å². The number of allylic oxidation sites excluding steroid dienone is 2. The first-order valence-electron chi connectivity index (χ1n) is 9.77. The number of hydrogen-bond donors (Lipinski definition) is 0. The zero-order valence-electron chi connectivity index (χ0n) is 16.0. The highest BCUT2D eigenvalue weighted by molar-refractivity contribution is 5.98. The van der Waals surface area contributed by atoms with Gasteiger partial charge >= 0.3 is 0 Å². The van der Waals surface area contributed by atoms with Crippen molar-refractivity contribution < 1.29 is 4.79 Å². The molecule has 1 fully saturated rings. The summed E-state index contributed by atoms with van der Waals surface area (Å²) < 4.78 is 0. The van der Waals surface area contributed by atoms with Gasteiger partial charge in [-0.05, 0) is 55.2 Å². The van der Waals surface area contributed by atoms with Crippen LogP contribution in [0.25, 0.3) is 11.1 Å². The van der Waals surface area contributed by atoms with Gasteiger partial charge in [0.25, 0.3) is 0 Å². The third-order valence-corrected chi connectivity index (χ3v) is 5.91. The van der Waals surface area contributed by atoms with Crippen LogP contribution in [-0.4, -0.2) is 27.8 Å². The van der Waals surface area contributed by atoms with E-state index in [2.05, 4.69) is 22.2 Å². The molecular weight excluding hydrogens is 346 g/mol. The molecule has 2 aliphatic rings. The first-order valence-corrected chi connectivity index (χ1v) is 9.77. The first kappa shape index (κ1) is 18.2. The lowest BCUT2D eigenvalue weighted by atomic mass is 9.79. The monoisotopic (exact) mass is 369 g/mol. The van der Waals surface area contributed by atoms with Crippen LogP contribution in [0.2, 0.25) is 0 Å².